The average Bonchev–Trinajstić information content (AvgIpc) is 2.99. The molecule has 0 fully saturated rings. The summed E-state index contributed by atoms with van der Waals surface area (Å²) in [5.74, 6) is 2.24. The molecule has 0 heterocycles. The Morgan fingerprint density at radius 3 is 1.62 bits per heavy atom. The van der Waals surface area contributed by atoms with Gasteiger partial charge in [0.25, 0.3) is 0 Å². The van der Waals surface area contributed by atoms with Gasteiger partial charge in [-0.15, -0.1) is 0 Å². The van der Waals surface area contributed by atoms with Crippen molar-refractivity contribution in [3.63, 3.8) is 0 Å². The van der Waals surface area contributed by atoms with Gasteiger partial charge >= 0.3 is 14.8 Å². The quantitative estimate of drug-likeness (QED) is 0.0757. The van der Waals surface area contributed by atoms with Crippen LogP contribution in [0.15, 0.2) is 30.3 Å². The first-order valence-corrected chi connectivity index (χ1v) is 16.7. The second-order valence-electron chi connectivity index (χ2n) is 8.21. The third-order valence-electron chi connectivity index (χ3n) is 5.37. The molecular formula is C27H48O11SSi. The van der Waals surface area contributed by atoms with Crippen LogP contribution < -0.4 is 4.74 Å². The molecule has 0 aliphatic rings. The maximum Gasteiger partial charge on any atom is 0.500 e. The second-order valence-corrected chi connectivity index (χ2v) is 12.5. The Labute approximate surface area is 244 Å². The molecular weight excluding hydrogens is 560 g/mol. The Bertz CT molecular complexity index is 690. The summed E-state index contributed by atoms with van der Waals surface area (Å²) >= 11 is 1.70. The summed E-state index contributed by atoms with van der Waals surface area (Å²) in [7, 11) is 2.33. The van der Waals surface area contributed by atoms with E-state index >= 15 is 0 Å². The summed E-state index contributed by atoms with van der Waals surface area (Å²) in [5.41, 5.74) is 0. The van der Waals surface area contributed by atoms with Crippen LogP contribution in [0, 0.1) is 0 Å². The highest BCUT2D eigenvalue weighted by Crippen LogP contribution is 2.17. The Morgan fingerprint density at radius 1 is 0.650 bits per heavy atom. The summed E-state index contributed by atoms with van der Waals surface area (Å²) in [6.07, 6.45) is 1.28. The van der Waals surface area contributed by atoms with Crippen LogP contribution in [0.4, 0.5) is 0 Å². The van der Waals surface area contributed by atoms with Gasteiger partial charge in [0, 0.05) is 33.1 Å². The van der Waals surface area contributed by atoms with Gasteiger partial charge in [0.1, 0.15) is 19.0 Å². The van der Waals surface area contributed by atoms with Gasteiger partial charge in [-0.2, -0.15) is 11.8 Å². The van der Waals surface area contributed by atoms with Crippen LogP contribution in [0.2, 0.25) is 6.04 Å². The van der Waals surface area contributed by atoms with Crippen molar-refractivity contribution in [2.75, 3.05) is 112 Å². The zero-order valence-corrected chi connectivity index (χ0v) is 26.1. The molecule has 0 saturated carbocycles. The highest BCUT2D eigenvalue weighted by Gasteiger charge is 2.36. The number of para-hydroxylation sites is 1. The van der Waals surface area contributed by atoms with Gasteiger partial charge in [-0.25, -0.2) is 0 Å². The molecule has 1 aromatic rings. The predicted molar refractivity (Wildman–Crippen MR) is 155 cm³/mol. The Balaban J connectivity index is 1.74. The van der Waals surface area contributed by atoms with Crippen molar-refractivity contribution in [3.05, 3.63) is 30.3 Å². The predicted octanol–water partition coefficient (Wildman–Crippen LogP) is 3.08. The van der Waals surface area contributed by atoms with E-state index in [0.717, 1.165) is 24.0 Å². The molecule has 0 aromatic heterocycles. The fraction of sp³-hybridized carbons (Fsp3) is 0.741. The molecule has 0 unspecified atom stereocenters. The lowest BCUT2D eigenvalue weighted by molar-refractivity contribution is -0.144. The molecule has 0 amide bonds. The molecule has 0 saturated heterocycles. The second kappa shape index (κ2) is 26.6. The minimum Gasteiger partial charge on any atom is -0.491 e. The first-order chi connectivity index (χ1) is 19.7. The molecule has 1 rings (SSSR count). The summed E-state index contributed by atoms with van der Waals surface area (Å²) in [4.78, 5) is 11.8. The van der Waals surface area contributed by atoms with Crippen LogP contribution in [0.25, 0.3) is 0 Å². The third-order valence-corrected chi connectivity index (χ3v) is 9.28. The van der Waals surface area contributed by atoms with Crippen molar-refractivity contribution in [3.8, 4) is 5.75 Å². The number of hydrogen-bond donors (Lipinski definition) is 0. The van der Waals surface area contributed by atoms with E-state index in [4.69, 9.17) is 46.4 Å². The van der Waals surface area contributed by atoms with E-state index < -0.39 is 8.80 Å². The lowest BCUT2D eigenvalue weighted by Crippen LogP contribution is -2.42. The summed E-state index contributed by atoms with van der Waals surface area (Å²) in [5, 5.41) is 0. The van der Waals surface area contributed by atoms with E-state index in [1.807, 2.05) is 30.3 Å². The smallest absolute Gasteiger partial charge is 0.491 e. The van der Waals surface area contributed by atoms with E-state index in [2.05, 4.69) is 0 Å². The maximum atomic E-state index is 11.8. The Kier molecular flexibility index (Phi) is 24.5. The number of carbonyl (C=O) groups is 1. The molecule has 40 heavy (non-hydrogen) atoms. The van der Waals surface area contributed by atoms with Crippen LogP contribution >= 0.6 is 11.8 Å². The van der Waals surface area contributed by atoms with Gasteiger partial charge < -0.3 is 46.4 Å². The Morgan fingerprint density at radius 2 is 1.12 bits per heavy atom. The fourth-order valence-corrected chi connectivity index (χ4v) is 6.05. The topological polar surface area (TPSA) is 109 Å². The first-order valence-electron chi connectivity index (χ1n) is 13.6. The highest BCUT2D eigenvalue weighted by molar-refractivity contribution is 7.99. The largest absolute Gasteiger partial charge is 0.500 e. The van der Waals surface area contributed by atoms with Gasteiger partial charge in [0.15, 0.2) is 0 Å². The van der Waals surface area contributed by atoms with Crippen molar-refractivity contribution in [1.82, 2.24) is 0 Å². The number of esters is 1. The molecule has 0 aliphatic heterocycles. The molecule has 1 aromatic carbocycles. The van der Waals surface area contributed by atoms with Crippen LogP contribution in [-0.4, -0.2) is 127 Å². The standard InChI is InChI=1S/C27H48O11SSi/c1-29-40(30-2,31-3)25-7-23-39-24-10-27(28)38-22-20-36-18-16-34-14-12-32-11-13-33-15-17-35-19-21-37-26-8-5-4-6-9-26/h4-6,8-9H,7,10-25H2,1-3H3. The summed E-state index contributed by atoms with van der Waals surface area (Å²) < 4.78 is 54.1. The SMILES string of the molecule is CO[Si](CCCSCCC(=O)OCCOCCOCCOCCOCCOCCOc1ccccc1)(OC)OC. The van der Waals surface area contributed by atoms with Gasteiger partial charge in [-0.1, -0.05) is 18.2 Å². The number of rotatable bonds is 29. The van der Waals surface area contributed by atoms with E-state index in [9.17, 15) is 4.79 Å². The van der Waals surface area contributed by atoms with Crippen LogP contribution in [-0.2, 0) is 46.5 Å². The molecule has 0 spiro atoms. The van der Waals surface area contributed by atoms with Gasteiger partial charge in [-0.05, 0) is 24.3 Å². The first kappa shape index (κ1) is 36.8. The Hall–Kier alpha value is -1.26. The van der Waals surface area contributed by atoms with Crippen molar-refractivity contribution >= 4 is 26.5 Å². The van der Waals surface area contributed by atoms with E-state index in [1.165, 1.54) is 0 Å². The van der Waals surface area contributed by atoms with Crippen molar-refractivity contribution < 1.29 is 51.2 Å². The third kappa shape index (κ3) is 20.6. The number of benzene rings is 1. The molecule has 0 bridgehead atoms. The van der Waals surface area contributed by atoms with Crippen LogP contribution in [0.5, 0.6) is 5.75 Å². The van der Waals surface area contributed by atoms with Crippen LogP contribution in [0.3, 0.4) is 0 Å². The number of ether oxygens (including phenoxy) is 7. The molecule has 0 atom stereocenters. The highest BCUT2D eigenvalue weighted by atomic mass is 32.2. The van der Waals surface area contributed by atoms with Crippen molar-refractivity contribution in [1.29, 1.82) is 0 Å². The molecule has 0 N–H and O–H groups in total. The van der Waals surface area contributed by atoms with E-state index in [-0.39, 0.29) is 12.6 Å². The summed E-state index contributed by atoms with van der Waals surface area (Å²) in [6, 6.07) is 10.4. The van der Waals surface area contributed by atoms with Gasteiger partial charge in [-0.3, -0.25) is 4.79 Å². The van der Waals surface area contributed by atoms with E-state index in [0.29, 0.717) is 84.8 Å². The maximum absolute atomic E-state index is 11.8. The minimum atomic E-state index is -2.50. The van der Waals surface area contributed by atoms with Gasteiger partial charge in [0.2, 0.25) is 0 Å². The molecule has 0 radical (unpaired) electrons. The zero-order chi connectivity index (χ0) is 29.0. The molecule has 232 valence electrons. The fourth-order valence-electron chi connectivity index (χ4n) is 3.21. The monoisotopic (exact) mass is 608 g/mol. The van der Waals surface area contributed by atoms with Crippen molar-refractivity contribution in [2.24, 2.45) is 0 Å². The zero-order valence-electron chi connectivity index (χ0n) is 24.3. The van der Waals surface area contributed by atoms with E-state index in [1.54, 1.807) is 33.1 Å². The summed E-state index contributed by atoms with van der Waals surface area (Å²) in [6.45, 7) is 5.49. The van der Waals surface area contributed by atoms with Crippen LogP contribution in [0.1, 0.15) is 12.8 Å². The number of carbonyl (C=O) groups excluding carboxylic acids is 1. The minimum absolute atomic E-state index is 0.219. The average molecular weight is 609 g/mol. The normalized spacial score (nSPS) is 11.6. The number of hydrogen-bond acceptors (Lipinski definition) is 12. The molecule has 11 nitrogen and oxygen atoms in total. The number of thioether (sulfide) groups is 1. The van der Waals surface area contributed by atoms with Gasteiger partial charge in [0.05, 0.1) is 72.5 Å². The van der Waals surface area contributed by atoms with Crippen molar-refractivity contribution in [2.45, 2.75) is 18.9 Å². The molecule has 0 aliphatic carbocycles. The lowest BCUT2D eigenvalue weighted by atomic mass is 10.3. The molecule has 13 heteroatoms. The lowest BCUT2D eigenvalue weighted by Gasteiger charge is -2.24.